The Bertz CT molecular complexity index is 356. The molecule has 1 N–H and O–H groups in total. The topological polar surface area (TPSA) is 39.1 Å². The van der Waals surface area contributed by atoms with Crippen LogP contribution in [0.2, 0.25) is 0 Å². The molecule has 1 aliphatic rings. The van der Waals surface area contributed by atoms with Crippen LogP contribution in [-0.4, -0.2) is 35.4 Å². The van der Waals surface area contributed by atoms with Crippen molar-refractivity contribution in [2.75, 3.05) is 19.7 Å². The fourth-order valence-electron chi connectivity index (χ4n) is 2.32. The number of nitrogens with zero attached hydrogens (tertiary/aromatic N) is 2. The summed E-state index contributed by atoms with van der Waals surface area (Å²) >= 11 is 0. The first-order valence-electron chi connectivity index (χ1n) is 6.51. The first-order valence-corrected chi connectivity index (χ1v) is 6.51. The summed E-state index contributed by atoms with van der Waals surface area (Å²) in [4.78, 5) is 4.33. The zero-order chi connectivity index (χ0) is 12.3. The van der Waals surface area contributed by atoms with Crippen LogP contribution in [0, 0.1) is 13.8 Å². The van der Waals surface area contributed by atoms with Crippen LogP contribution in [0.1, 0.15) is 37.2 Å². The van der Waals surface area contributed by atoms with Crippen LogP contribution >= 0.6 is 0 Å². The molecule has 2 unspecified atom stereocenters. The summed E-state index contributed by atoms with van der Waals surface area (Å²) in [5, 5.41) is 3.49. The van der Waals surface area contributed by atoms with E-state index in [1.54, 1.807) is 0 Å². The lowest BCUT2D eigenvalue weighted by atomic mass is 10.2. The van der Waals surface area contributed by atoms with E-state index in [9.17, 15) is 0 Å². The maximum absolute atomic E-state index is 5.59. The molecule has 17 heavy (non-hydrogen) atoms. The smallest absolute Gasteiger partial charge is 0.0954 e. The van der Waals surface area contributed by atoms with Crippen LogP contribution < -0.4 is 5.32 Å². The van der Waals surface area contributed by atoms with Crippen molar-refractivity contribution >= 4 is 0 Å². The number of imidazole rings is 1. The van der Waals surface area contributed by atoms with Crippen molar-refractivity contribution in [3.05, 3.63) is 17.7 Å². The van der Waals surface area contributed by atoms with Gasteiger partial charge in [-0.05, 0) is 33.6 Å². The number of hydrogen-bond donors (Lipinski definition) is 1. The van der Waals surface area contributed by atoms with Crippen LogP contribution in [0.4, 0.5) is 0 Å². The van der Waals surface area contributed by atoms with E-state index in [0.29, 0.717) is 12.1 Å². The van der Waals surface area contributed by atoms with Crippen molar-refractivity contribution in [3.8, 4) is 0 Å². The first-order chi connectivity index (χ1) is 8.18. The number of ether oxygens (including phenoxy) is 1. The van der Waals surface area contributed by atoms with Gasteiger partial charge in [0.25, 0.3) is 0 Å². The van der Waals surface area contributed by atoms with Gasteiger partial charge < -0.3 is 14.6 Å². The van der Waals surface area contributed by atoms with Gasteiger partial charge >= 0.3 is 0 Å². The lowest BCUT2D eigenvalue weighted by molar-refractivity contribution is 0.109. The number of aromatic nitrogens is 2. The van der Waals surface area contributed by atoms with Crippen molar-refractivity contribution in [2.24, 2.45) is 0 Å². The van der Waals surface area contributed by atoms with Crippen LogP contribution in [0.25, 0.3) is 0 Å². The number of nitrogens with one attached hydrogen (secondary N) is 1. The largest absolute Gasteiger partial charge is 0.377 e. The Labute approximate surface area is 103 Å². The zero-order valence-corrected chi connectivity index (χ0v) is 11.1. The molecule has 1 aromatic rings. The van der Waals surface area contributed by atoms with Gasteiger partial charge in [-0.25, -0.2) is 4.98 Å². The molecule has 0 saturated carbocycles. The second kappa shape index (κ2) is 5.65. The third-order valence-corrected chi connectivity index (χ3v) is 3.60. The van der Waals surface area contributed by atoms with Crippen LogP contribution in [0.15, 0.2) is 6.33 Å². The fourth-order valence-corrected chi connectivity index (χ4v) is 2.32. The van der Waals surface area contributed by atoms with Gasteiger partial charge in [0.1, 0.15) is 0 Å². The maximum atomic E-state index is 5.59. The molecular formula is C13H23N3O. The van der Waals surface area contributed by atoms with Crippen molar-refractivity contribution in [1.29, 1.82) is 0 Å². The van der Waals surface area contributed by atoms with Gasteiger partial charge in [-0.3, -0.25) is 0 Å². The van der Waals surface area contributed by atoms with E-state index >= 15 is 0 Å². The average molecular weight is 237 g/mol. The monoisotopic (exact) mass is 237 g/mol. The maximum Gasteiger partial charge on any atom is 0.0954 e. The molecule has 0 spiro atoms. The third kappa shape index (κ3) is 3.07. The lowest BCUT2D eigenvalue weighted by Gasteiger charge is -2.17. The predicted octanol–water partition coefficient (Wildman–Crippen LogP) is 1.83. The summed E-state index contributed by atoms with van der Waals surface area (Å²) in [5.41, 5.74) is 2.38. The molecule has 0 aromatic carbocycles. The first kappa shape index (κ1) is 12.6. The molecule has 96 valence electrons. The Morgan fingerprint density at radius 1 is 1.59 bits per heavy atom. The Kier molecular flexibility index (Phi) is 4.18. The van der Waals surface area contributed by atoms with E-state index in [1.807, 2.05) is 6.33 Å². The molecule has 0 amide bonds. The summed E-state index contributed by atoms with van der Waals surface area (Å²) in [5.74, 6) is 0. The van der Waals surface area contributed by atoms with E-state index in [1.165, 1.54) is 18.5 Å². The summed E-state index contributed by atoms with van der Waals surface area (Å²) in [6.45, 7) is 9.27. The SMILES string of the molecule is Cc1ncn(C(C)CNCC2CCCO2)c1C. The van der Waals surface area contributed by atoms with Crippen LogP contribution in [0.3, 0.4) is 0 Å². The molecule has 4 heteroatoms. The molecular weight excluding hydrogens is 214 g/mol. The predicted molar refractivity (Wildman–Crippen MR) is 68.3 cm³/mol. The number of aryl methyl sites for hydroxylation is 1. The molecule has 0 aliphatic carbocycles. The highest BCUT2D eigenvalue weighted by Crippen LogP contribution is 2.13. The molecule has 1 saturated heterocycles. The highest BCUT2D eigenvalue weighted by Gasteiger charge is 2.15. The third-order valence-electron chi connectivity index (χ3n) is 3.60. The van der Waals surface area contributed by atoms with E-state index in [-0.39, 0.29) is 0 Å². The summed E-state index contributed by atoms with van der Waals surface area (Å²) in [7, 11) is 0. The second-order valence-electron chi connectivity index (χ2n) is 4.96. The van der Waals surface area contributed by atoms with Gasteiger partial charge in [-0.1, -0.05) is 0 Å². The highest BCUT2D eigenvalue weighted by atomic mass is 16.5. The molecule has 2 rings (SSSR count). The van der Waals surface area contributed by atoms with E-state index in [2.05, 4.69) is 35.6 Å². The van der Waals surface area contributed by atoms with Gasteiger partial charge in [-0.2, -0.15) is 0 Å². The summed E-state index contributed by atoms with van der Waals surface area (Å²) in [6, 6.07) is 0.442. The lowest BCUT2D eigenvalue weighted by Crippen LogP contribution is -2.31. The van der Waals surface area contributed by atoms with Gasteiger partial charge in [0, 0.05) is 31.4 Å². The fraction of sp³-hybridized carbons (Fsp3) is 0.769. The Hall–Kier alpha value is -0.870. The normalized spacial score (nSPS) is 21.9. The Balaban J connectivity index is 1.76. The standard InChI is InChI=1S/C13H23N3O/c1-10(16-9-15-11(2)12(16)3)7-14-8-13-5-4-6-17-13/h9-10,13-14H,4-8H2,1-3H3. The minimum atomic E-state index is 0.424. The van der Waals surface area contributed by atoms with Crippen molar-refractivity contribution < 1.29 is 4.74 Å². The van der Waals surface area contributed by atoms with Crippen molar-refractivity contribution in [1.82, 2.24) is 14.9 Å². The Morgan fingerprint density at radius 2 is 2.41 bits per heavy atom. The van der Waals surface area contributed by atoms with E-state index < -0.39 is 0 Å². The summed E-state index contributed by atoms with van der Waals surface area (Å²) in [6.07, 6.45) is 4.77. The quantitative estimate of drug-likeness (QED) is 0.849. The van der Waals surface area contributed by atoms with E-state index in [0.717, 1.165) is 25.4 Å². The minimum Gasteiger partial charge on any atom is -0.377 e. The molecule has 0 radical (unpaired) electrons. The van der Waals surface area contributed by atoms with E-state index in [4.69, 9.17) is 4.74 Å². The van der Waals surface area contributed by atoms with Crippen LogP contribution in [0.5, 0.6) is 0 Å². The van der Waals surface area contributed by atoms with Crippen molar-refractivity contribution in [2.45, 2.75) is 45.8 Å². The molecule has 1 fully saturated rings. The van der Waals surface area contributed by atoms with Gasteiger partial charge in [0.2, 0.25) is 0 Å². The number of hydrogen-bond acceptors (Lipinski definition) is 3. The molecule has 1 aliphatic heterocycles. The highest BCUT2D eigenvalue weighted by molar-refractivity contribution is 5.09. The molecule has 4 nitrogen and oxygen atoms in total. The van der Waals surface area contributed by atoms with Gasteiger partial charge in [0.15, 0.2) is 0 Å². The number of rotatable bonds is 5. The molecule has 0 bridgehead atoms. The summed E-state index contributed by atoms with van der Waals surface area (Å²) < 4.78 is 7.82. The zero-order valence-electron chi connectivity index (χ0n) is 11.1. The second-order valence-corrected chi connectivity index (χ2v) is 4.96. The molecule has 2 atom stereocenters. The Morgan fingerprint density at radius 3 is 3.00 bits per heavy atom. The van der Waals surface area contributed by atoms with Gasteiger partial charge in [-0.15, -0.1) is 0 Å². The molecule has 1 aromatic heterocycles. The van der Waals surface area contributed by atoms with Crippen LogP contribution in [-0.2, 0) is 4.74 Å². The average Bonchev–Trinajstić information content (AvgIpc) is 2.91. The van der Waals surface area contributed by atoms with Crippen molar-refractivity contribution in [3.63, 3.8) is 0 Å². The minimum absolute atomic E-state index is 0.424. The van der Waals surface area contributed by atoms with Gasteiger partial charge in [0.05, 0.1) is 18.1 Å². The molecule has 2 heterocycles.